The van der Waals surface area contributed by atoms with Gasteiger partial charge in [-0.3, -0.25) is 0 Å². The van der Waals surface area contributed by atoms with Gasteiger partial charge in [-0.05, 0) is 51.7 Å². The molecule has 4 heteroatoms. The summed E-state index contributed by atoms with van der Waals surface area (Å²) in [6, 6.07) is 31.4. The number of nitrogens with one attached hydrogen (secondary N) is 1. The SMILES string of the molecule is COC(=O)c1ccc(C=C(CNc2ccccc2)CC(O)c2cccc3ccccc23)cc1. The van der Waals surface area contributed by atoms with Gasteiger partial charge < -0.3 is 15.2 Å². The van der Waals surface area contributed by atoms with Crippen LogP contribution in [0.2, 0.25) is 0 Å². The molecule has 0 bridgehead atoms. The molecule has 4 aromatic rings. The van der Waals surface area contributed by atoms with Crippen LogP contribution in [0.15, 0.2) is 103 Å². The maximum atomic E-state index is 11.7. The van der Waals surface area contributed by atoms with E-state index < -0.39 is 6.10 Å². The van der Waals surface area contributed by atoms with Crippen LogP contribution in [0.4, 0.5) is 5.69 Å². The molecular weight excluding hydrogens is 410 g/mol. The maximum Gasteiger partial charge on any atom is 0.337 e. The Hall–Kier alpha value is -3.89. The van der Waals surface area contributed by atoms with E-state index in [4.69, 9.17) is 4.74 Å². The first-order chi connectivity index (χ1) is 16.1. The van der Waals surface area contributed by atoms with Gasteiger partial charge in [-0.25, -0.2) is 4.79 Å². The van der Waals surface area contributed by atoms with Crippen LogP contribution in [0.1, 0.15) is 34.0 Å². The minimum absolute atomic E-state index is 0.358. The van der Waals surface area contributed by atoms with Crippen molar-refractivity contribution in [2.24, 2.45) is 0 Å². The molecule has 4 rings (SSSR count). The molecule has 0 heterocycles. The van der Waals surface area contributed by atoms with E-state index in [9.17, 15) is 9.90 Å². The van der Waals surface area contributed by atoms with Gasteiger partial charge in [-0.15, -0.1) is 0 Å². The van der Waals surface area contributed by atoms with E-state index in [0.29, 0.717) is 18.5 Å². The Morgan fingerprint density at radius 2 is 1.61 bits per heavy atom. The van der Waals surface area contributed by atoms with Crippen LogP contribution < -0.4 is 5.32 Å². The molecule has 0 fully saturated rings. The number of methoxy groups -OCH3 is 1. The first-order valence-electron chi connectivity index (χ1n) is 11.0. The van der Waals surface area contributed by atoms with Gasteiger partial charge >= 0.3 is 5.97 Å². The van der Waals surface area contributed by atoms with Gasteiger partial charge in [0.2, 0.25) is 0 Å². The fraction of sp³-hybridized carbons (Fsp3) is 0.138. The summed E-state index contributed by atoms with van der Waals surface area (Å²) >= 11 is 0. The van der Waals surface area contributed by atoms with Crippen molar-refractivity contribution in [1.82, 2.24) is 0 Å². The summed E-state index contributed by atoms with van der Waals surface area (Å²) in [4.78, 5) is 11.7. The smallest absolute Gasteiger partial charge is 0.337 e. The molecule has 1 atom stereocenters. The van der Waals surface area contributed by atoms with E-state index in [1.165, 1.54) is 7.11 Å². The van der Waals surface area contributed by atoms with Crippen molar-refractivity contribution in [2.45, 2.75) is 12.5 Å². The molecule has 0 amide bonds. The largest absolute Gasteiger partial charge is 0.465 e. The van der Waals surface area contributed by atoms with Gasteiger partial charge in [-0.1, -0.05) is 78.9 Å². The van der Waals surface area contributed by atoms with Gasteiger partial charge in [-0.2, -0.15) is 0 Å². The first kappa shape index (κ1) is 22.3. The standard InChI is InChI=1S/C29H27NO3/c1-33-29(32)24-16-14-21(15-17-24)18-22(20-30-25-10-3-2-4-11-25)19-28(31)27-13-7-9-23-8-5-6-12-26(23)27/h2-18,28,30-31H,19-20H2,1H3. The summed E-state index contributed by atoms with van der Waals surface area (Å²) in [6.07, 6.45) is 1.90. The summed E-state index contributed by atoms with van der Waals surface area (Å²) in [5, 5.41) is 16.8. The Kier molecular flexibility index (Phi) is 7.18. The zero-order chi connectivity index (χ0) is 23.0. The molecule has 0 aliphatic heterocycles. The average Bonchev–Trinajstić information content (AvgIpc) is 2.87. The summed E-state index contributed by atoms with van der Waals surface area (Å²) in [6.45, 7) is 0.588. The average molecular weight is 438 g/mol. The fourth-order valence-electron chi connectivity index (χ4n) is 3.92. The molecule has 0 aromatic heterocycles. The number of carbonyl (C=O) groups is 1. The van der Waals surface area contributed by atoms with Crippen molar-refractivity contribution >= 4 is 28.5 Å². The van der Waals surface area contributed by atoms with Gasteiger partial charge in [0.25, 0.3) is 0 Å². The lowest BCUT2D eigenvalue weighted by Gasteiger charge is -2.17. The highest BCUT2D eigenvalue weighted by molar-refractivity contribution is 5.89. The van der Waals surface area contributed by atoms with Gasteiger partial charge in [0.1, 0.15) is 0 Å². The highest BCUT2D eigenvalue weighted by Crippen LogP contribution is 2.29. The normalized spacial score (nSPS) is 12.4. The van der Waals surface area contributed by atoms with Crippen molar-refractivity contribution in [3.63, 3.8) is 0 Å². The second kappa shape index (κ2) is 10.6. The number of aliphatic hydroxyl groups excluding tert-OH is 1. The molecule has 0 saturated carbocycles. The van der Waals surface area contributed by atoms with Crippen LogP contribution >= 0.6 is 0 Å². The quantitative estimate of drug-likeness (QED) is 0.320. The Morgan fingerprint density at radius 3 is 2.36 bits per heavy atom. The lowest BCUT2D eigenvalue weighted by atomic mass is 9.95. The third-order valence-corrected chi connectivity index (χ3v) is 5.63. The zero-order valence-corrected chi connectivity index (χ0v) is 18.6. The third kappa shape index (κ3) is 5.68. The molecule has 33 heavy (non-hydrogen) atoms. The number of hydrogen-bond donors (Lipinski definition) is 2. The molecule has 0 aliphatic carbocycles. The minimum Gasteiger partial charge on any atom is -0.465 e. The van der Waals surface area contributed by atoms with E-state index in [1.54, 1.807) is 12.1 Å². The molecule has 4 aromatic carbocycles. The van der Waals surface area contributed by atoms with Crippen LogP contribution in [0, 0.1) is 0 Å². The summed E-state index contributed by atoms with van der Waals surface area (Å²) in [7, 11) is 1.37. The predicted molar refractivity (Wildman–Crippen MR) is 134 cm³/mol. The number of hydrogen-bond acceptors (Lipinski definition) is 4. The van der Waals surface area contributed by atoms with E-state index >= 15 is 0 Å². The number of para-hydroxylation sites is 1. The van der Waals surface area contributed by atoms with Gasteiger partial charge in [0.15, 0.2) is 0 Å². The van der Waals surface area contributed by atoms with E-state index in [2.05, 4.69) is 23.5 Å². The summed E-state index contributed by atoms with van der Waals surface area (Å²) in [5.74, 6) is -0.358. The summed E-state index contributed by atoms with van der Waals surface area (Å²) < 4.78 is 4.78. The Morgan fingerprint density at radius 1 is 0.909 bits per heavy atom. The molecule has 166 valence electrons. The van der Waals surface area contributed by atoms with Gasteiger partial charge in [0.05, 0.1) is 18.8 Å². The maximum absolute atomic E-state index is 11.7. The number of benzene rings is 4. The van der Waals surface area contributed by atoms with Crippen LogP contribution in [0.25, 0.3) is 16.8 Å². The van der Waals surface area contributed by atoms with Crippen LogP contribution in [-0.4, -0.2) is 24.7 Å². The monoisotopic (exact) mass is 437 g/mol. The Bertz CT molecular complexity index is 1240. The minimum atomic E-state index is -0.644. The molecule has 1 unspecified atom stereocenters. The predicted octanol–water partition coefficient (Wildman–Crippen LogP) is 6.25. The van der Waals surface area contributed by atoms with E-state index in [1.807, 2.05) is 72.8 Å². The van der Waals surface area contributed by atoms with Crippen LogP contribution in [0.3, 0.4) is 0 Å². The zero-order valence-electron chi connectivity index (χ0n) is 18.6. The number of fused-ring (bicyclic) bond motifs is 1. The molecular formula is C29H27NO3. The molecule has 4 nitrogen and oxygen atoms in total. The second-order valence-electron chi connectivity index (χ2n) is 7.92. The lowest BCUT2D eigenvalue weighted by molar-refractivity contribution is 0.0600. The van der Waals surface area contributed by atoms with Crippen molar-refractivity contribution in [1.29, 1.82) is 0 Å². The van der Waals surface area contributed by atoms with Crippen molar-refractivity contribution in [3.8, 4) is 0 Å². The number of anilines is 1. The second-order valence-corrected chi connectivity index (χ2v) is 7.92. The Balaban J connectivity index is 1.60. The van der Waals surface area contributed by atoms with E-state index in [0.717, 1.165) is 33.2 Å². The number of rotatable bonds is 8. The molecule has 0 saturated heterocycles. The third-order valence-electron chi connectivity index (χ3n) is 5.63. The van der Waals surface area contributed by atoms with Crippen molar-refractivity contribution in [2.75, 3.05) is 19.0 Å². The highest BCUT2D eigenvalue weighted by atomic mass is 16.5. The van der Waals surface area contributed by atoms with E-state index in [-0.39, 0.29) is 5.97 Å². The van der Waals surface area contributed by atoms with Crippen LogP contribution in [0.5, 0.6) is 0 Å². The highest BCUT2D eigenvalue weighted by Gasteiger charge is 2.14. The number of carbonyl (C=O) groups excluding carboxylic acids is 1. The topological polar surface area (TPSA) is 58.6 Å². The van der Waals surface area contributed by atoms with Gasteiger partial charge in [0, 0.05) is 18.7 Å². The number of ether oxygens (including phenoxy) is 1. The number of esters is 1. The first-order valence-corrected chi connectivity index (χ1v) is 11.0. The lowest BCUT2D eigenvalue weighted by Crippen LogP contribution is -2.09. The fourth-order valence-corrected chi connectivity index (χ4v) is 3.92. The molecule has 0 aliphatic rings. The molecule has 0 radical (unpaired) electrons. The van der Waals surface area contributed by atoms with Crippen molar-refractivity contribution in [3.05, 3.63) is 119 Å². The number of aliphatic hydroxyl groups is 1. The summed E-state index contributed by atoms with van der Waals surface area (Å²) in [5.41, 5.74) is 4.45. The molecule has 2 N–H and O–H groups in total. The Labute approximate surface area is 194 Å². The van der Waals surface area contributed by atoms with Crippen LogP contribution in [-0.2, 0) is 4.74 Å². The molecule has 0 spiro atoms. The van der Waals surface area contributed by atoms with Crippen molar-refractivity contribution < 1.29 is 14.6 Å².